The van der Waals surface area contributed by atoms with Gasteiger partial charge in [-0.05, 0) is 46.7 Å². The Kier molecular flexibility index (Phi) is 3.16. The van der Waals surface area contributed by atoms with Gasteiger partial charge >= 0.3 is 0 Å². The Morgan fingerprint density at radius 1 is 0.636 bits per heavy atom. The first-order chi connectivity index (χ1) is 10.8. The molecular formula is C22H18. The molecule has 0 atom stereocenters. The molecule has 0 saturated carbocycles. The SMILES string of the molecule is CC1=Cc2c(cccc2-c2ccc(-c3ccccc3)cc2)C1. The number of allylic oxidation sites excluding steroid dienone is 1. The molecule has 0 amide bonds. The van der Waals surface area contributed by atoms with Crippen LogP contribution >= 0.6 is 0 Å². The predicted molar refractivity (Wildman–Crippen MR) is 94.7 cm³/mol. The maximum atomic E-state index is 2.33. The highest BCUT2D eigenvalue weighted by molar-refractivity contribution is 5.81. The van der Waals surface area contributed by atoms with Crippen molar-refractivity contribution in [3.8, 4) is 22.3 Å². The van der Waals surface area contributed by atoms with Gasteiger partial charge in [-0.2, -0.15) is 0 Å². The molecule has 0 aliphatic heterocycles. The van der Waals surface area contributed by atoms with Gasteiger partial charge in [0.25, 0.3) is 0 Å². The first-order valence-corrected chi connectivity index (χ1v) is 7.76. The minimum Gasteiger partial charge on any atom is -0.0683 e. The minimum atomic E-state index is 1.09. The Balaban J connectivity index is 1.75. The van der Waals surface area contributed by atoms with Crippen LogP contribution in [-0.2, 0) is 6.42 Å². The van der Waals surface area contributed by atoms with Gasteiger partial charge in [-0.15, -0.1) is 0 Å². The molecular weight excluding hydrogens is 264 g/mol. The fourth-order valence-electron chi connectivity index (χ4n) is 3.26. The molecule has 22 heavy (non-hydrogen) atoms. The maximum absolute atomic E-state index is 2.33. The summed E-state index contributed by atoms with van der Waals surface area (Å²) < 4.78 is 0. The molecule has 106 valence electrons. The van der Waals surface area contributed by atoms with Gasteiger partial charge in [-0.3, -0.25) is 0 Å². The van der Waals surface area contributed by atoms with Gasteiger partial charge in [0, 0.05) is 0 Å². The van der Waals surface area contributed by atoms with E-state index in [1.807, 2.05) is 0 Å². The van der Waals surface area contributed by atoms with Crippen LogP contribution in [0.15, 0.2) is 78.4 Å². The number of fused-ring (bicyclic) bond motifs is 1. The minimum absolute atomic E-state index is 1.09. The largest absolute Gasteiger partial charge is 0.0683 e. The zero-order valence-electron chi connectivity index (χ0n) is 12.7. The summed E-state index contributed by atoms with van der Waals surface area (Å²) in [6.45, 7) is 2.21. The Labute approximate surface area is 131 Å². The molecule has 0 bridgehead atoms. The lowest BCUT2D eigenvalue weighted by atomic mass is 9.95. The van der Waals surface area contributed by atoms with Crippen molar-refractivity contribution in [3.63, 3.8) is 0 Å². The molecule has 1 aliphatic rings. The van der Waals surface area contributed by atoms with Gasteiger partial charge in [0.15, 0.2) is 0 Å². The third-order valence-electron chi connectivity index (χ3n) is 4.36. The number of hydrogen-bond donors (Lipinski definition) is 0. The van der Waals surface area contributed by atoms with E-state index in [-0.39, 0.29) is 0 Å². The molecule has 0 fully saturated rings. The molecule has 0 heteroatoms. The molecule has 0 saturated heterocycles. The van der Waals surface area contributed by atoms with Gasteiger partial charge in [-0.1, -0.05) is 84.4 Å². The van der Waals surface area contributed by atoms with Crippen molar-refractivity contribution in [3.05, 3.63) is 89.5 Å². The van der Waals surface area contributed by atoms with Crippen molar-refractivity contribution in [1.29, 1.82) is 0 Å². The molecule has 0 radical (unpaired) electrons. The summed E-state index contributed by atoms with van der Waals surface area (Å²) in [7, 11) is 0. The van der Waals surface area contributed by atoms with Crippen molar-refractivity contribution in [2.45, 2.75) is 13.3 Å². The molecule has 3 aromatic rings. The standard InChI is InChI=1S/C22H18/c1-16-14-20-8-5-9-21(22(20)15-16)19-12-10-18(11-13-19)17-6-3-2-4-7-17/h2-13,15H,14H2,1H3. The summed E-state index contributed by atoms with van der Waals surface area (Å²) in [6.07, 6.45) is 3.42. The Morgan fingerprint density at radius 3 is 2.09 bits per heavy atom. The van der Waals surface area contributed by atoms with Crippen LogP contribution in [-0.4, -0.2) is 0 Å². The van der Waals surface area contributed by atoms with E-state index in [0.29, 0.717) is 0 Å². The highest BCUT2D eigenvalue weighted by atomic mass is 14.2. The molecule has 0 nitrogen and oxygen atoms in total. The second-order valence-electron chi connectivity index (χ2n) is 5.99. The lowest BCUT2D eigenvalue weighted by molar-refractivity contribution is 1.20. The van der Waals surface area contributed by atoms with E-state index in [9.17, 15) is 0 Å². The van der Waals surface area contributed by atoms with Crippen molar-refractivity contribution in [2.75, 3.05) is 0 Å². The van der Waals surface area contributed by atoms with Crippen molar-refractivity contribution in [1.82, 2.24) is 0 Å². The molecule has 0 aromatic heterocycles. The lowest BCUT2D eigenvalue weighted by Gasteiger charge is -2.09. The van der Waals surface area contributed by atoms with Gasteiger partial charge in [0.1, 0.15) is 0 Å². The van der Waals surface area contributed by atoms with E-state index in [1.54, 1.807) is 0 Å². The zero-order valence-corrected chi connectivity index (χ0v) is 12.7. The fraction of sp³-hybridized carbons (Fsp3) is 0.0909. The van der Waals surface area contributed by atoms with Crippen LogP contribution in [0.1, 0.15) is 18.1 Å². The van der Waals surface area contributed by atoms with E-state index < -0.39 is 0 Å². The summed E-state index contributed by atoms with van der Waals surface area (Å²) in [6, 6.07) is 26.1. The van der Waals surface area contributed by atoms with E-state index in [1.165, 1.54) is 39.0 Å². The predicted octanol–water partition coefficient (Wildman–Crippen LogP) is 5.98. The Hall–Kier alpha value is -2.60. The van der Waals surface area contributed by atoms with Gasteiger partial charge < -0.3 is 0 Å². The van der Waals surface area contributed by atoms with Gasteiger partial charge in [0.2, 0.25) is 0 Å². The molecule has 3 aromatic carbocycles. The zero-order chi connectivity index (χ0) is 14.9. The second kappa shape index (κ2) is 5.31. The van der Waals surface area contributed by atoms with Crippen LogP contribution in [0.25, 0.3) is 28.3 Å². The van der Waals surface area contributed by atoms with Crippen LogP contribution in [0.5, 0.6) is 0 Å². The van der Waals surface area contributed by atoms with E-state index in [4.69, 9.17) is 0 Å². The smallest absolute Gasteiger partial charge is 0.00604 e. The molecule has 0 heterocycles. The second-order valence-corrected chi connectivity index (χ2v) is 5.99. The first kappa shape index (κ1) is 13.1. The summed E-state index contributed by atoms with van der Waals surface area (Å²) in [5, 5.41) is 0. The third-order valence-corrected chi connectivity index (χ3v) is 4.36. The van der Waals surface area contributed by atoms with Gasteiger partial charge in [-0.25, -0.2) is 0 Å². The Bertz CT molecular complexity index is 837. The summed E-state index contributed by atoms with van der Waals surface area (Å²) >= 11 is 0. The third kappa shape index (κ3) is 2.27. The van der Waals surface area contributed by atoms with E-state index in [0.717, 1.165) is 6.42 Å². The molecule has 0 unspecified atom stereocenters. The monoisotopic (exact) mass is 282 g/mol. The van der Waals surface area contributed by atoms with Crippen LogP contribution in [0.2, 0.25) is 0 Å². The molecule has 0 N–H and O–H groups in total. The maximum Gasteiger partial charge on any atom is -0.00604 e. The average Bonchev–Trinajstić information content (AvgIpc) is 2.96. The molecule has 0 spiro atoms. The number of benzene rings is 3. The topological polar surface area (TPSA) is 0 Å². The van der Waals surface area contributed by atoms with Crippen molar-refractivity contribution < 1.29 is 0 Å². The summed E-state index contributed by atoms with van der Waals surface area (Å²) in [5.74, 6) is 0. The highest BCUT2D eigenvalue weighted by Gasteiger charge is 2.14. The number of hydrogen-bond acceptors (Lipinski definition) is 0. The molecule has 4 rings (SSSR count). The van der Waals surface area contributed by atoms with Crippen molar-refractivity contribution >= 4 is 6.08 Å². The first-order valence-electron chi connectivity index (χ1n) is 7.76. The molecule has 1 aliphatic carbocycles. The highest BCUT2D eigenvalue weighted by Crippen LogP contribution is 2.34. The van der Waals surface area contributed by atoms with Crippen LogP contribution < -0.4 is 0 Å². The van der Waals surface area contributed by atoms with Gasteiger partial charge in [0.05, 0.1) is 0 Å². The fourth-order valence-corrected chi connectivity index (χ4v) is 3.26. The van der Waals surface area contributed by atoms with Crippen LogP contribution in [0.3, 0.4) is 0 Å². The Morgan fingerprint density at radius 2 is 1.32 bits per heavy atom. The van der Waals surface area contributed by atoms with Crippen LogP contribution in [0, 0.1) is 0 Å². The quantitative estimate of drug-likeness (QED) is 0.542. The average molecular weight is 282 g/mol. The normalized spacial score (nSPS) is 12.9. The van der Waals surface area contributed by atoms with E-state index in [2.05, 4.69) is 85.8 Å². The summed E-state index contributed by atoms with van der Waals surface area (Å²) in [5.41, 5.74) is 9.46. The van der Waals surface area contributed by atoms with Crippen molar-refractivity contribution in [2.24, 2.45) is 0 Å². The van der Waals surface area contributed by atoms with Crippen LogP contribution in [0.4, 0.5) is 0 Å². The summed E-state index contributed by atoms with van der Waals surface area (Å²) in [4.78, 5) is 0. The van der Waals surface area contributed by atoms with E-state index >= 15 is 0 Å². The lowest BCUT2D eigenvalue weighted by Crippen LogP contribution is -1.87. The number of rotatable bonds is 2.